The van der Waals surface area contributed by atoms with E-state index in [0.717, 1.165) is 4.57 Å². The standard InChI is InChI=1S/C10H11BrN2O5/c1-4-7(15)6(3-14)18-9(4)13-2-5(11)8(16)12-10(13)17/h2,6-7,9,14-15H,1,3H2,(H,12,16,17)/t6-,7-,9?/m1/s1. The van der Waals surface area contributed by atoms with Crippen LogP contribution in [0.25, 0.3) is 0 Å². The third kappa shape index (κ3) is 2.07. The van der Waals surface area contributed by atoms with Gasteiger partial charge in [0.2, 0.25) is 0 Å². The van der Waals surface area contributed by atoms with Gasteiger partial charge < -0.3 is 14.9 Å². The second kappa shape index (κ2) is 4.81. The highest BCUT2D eigenvalue weighted by molar-refractivity contribution is 9.10. The molecule has 0 aromatic carbocycles. The second-order valence-corrected chi connectivity index (χ2v) is 4.73. The third-order valence-corrected chi connectivity index (χ3v) is 3.27. The molecule has 1 aromatic rings. The lowest BCUT2D eigenvalue weighted by atomic mass is 10.1. The zero-order valence-electron chi connectivity index (χ0n) is 9.17. The summed E-state index contributed by atoms with van der Waals surface area (Å²) in [5.74, 6) is 0. The Kier molecular flexibility index (Phi) is 3.53. The number of nitrogens with zero attached hydrogens (tertiary/aromatic N) is 1. The molecule has 1 aliphatic rings. The topological polar surface area (TPSA) is 105 Å². The van der Waals surface area contributed by atoms with Gasteiger partial charge in [0.15, 0.2) is 6.23 Å². The van der Waals surface area contributed by atoms with Gasteiger partial charge in [0, 0.05) is 11.8 Å². The van der Waals surface area contributed by atoms with Gasteiger partial charge in [-0.25, -0.2) is 4.79 Å². The predicted molar refractivity (Wildman–Crippen MR) is 65.2 cm³/mol. The normalized spacial score (nSPS) is 27.7. The number of hydrogen-bond donors (Lipinski definition) is 3. The van der Waals surface area contributed by atoms with Gasteiger partial charge in [-0.1, -0.05) is 6.58 Å². The zero-order chi connectivity index (χ0) is 13.4. The van der Waals surface area contributed by atoms with Gasteiger partial charge >= 0.3 is 5.69 Å². The quantitative estimate of drug-likeness (QED) is 0.613. The lowest BCUT2D eigenvalue weighted by molar-refractivity contribution is -0.0448. The van der Waals surface area contributed by atoms with Crippen LogP contribution < -0.4 is 11.2 Å². The van der Waals surface area contributed by atoms with Crippen molar-refractivity contribution >= 4 is 15.9 Å². The minimum Gasteiger partial charge on any atom is -0.394 e. The number of hydrogen-bond acceptors (Lipinski definition) is 5. The first-order valence-electron chi connectivity index (χ1n) is 5.09. The van der Waals surface area contributed by atoms with E-state index in [9.17, 15) is 14.7 Å². The number of halogens is 1. The summed E-state index contributed by atoms with van der Waals surface area (Å²) in [5.41, 5.74) is -0.991. The van der Waals surface area contributed by atoms with E-state index in [1.807, 2.05) is 0 Å². The van der Waals surface area contributed by atoms with E-state index in [2.05, 4.69) is 27.5 Å². The fraction of sp³-hybridized carbons (Fsp3) is 0.400. The molecule has 2 rings (SSSR count). The third-order valence-electron chi connectivity index (χ3n) is 2.71. The van der Waals surface area contributed by atoms with Crippen molar-refractivity contribution < 1.29 is 14.9 Å². The van der Waals surface area contributed by atoms with E-state index < -0.39 is 36.3 Å². The molecule has 0 radical (unpaired) electrons. The van der Waals surface area contributed by atoms with Crippen LogP contribution >= 0.6 is 15.9 Å². The van der Waals surface area contributed by atoms with Crippen LogP contribution in [-0.4, -0.2) is 38.6 Å². The molecule has 1 saturated heterocycles. The first kappa shape index (κ1) is 13.2. The molecule has 1 aliphatic heterocycles. The highest BCUT2D eigenvalue weighted by Crippen LogP contribution is 2.31. The van der Waals surface area contributed by atoms with Crippen LogP contribution in [0.4, 0.5) is 0 Å². The Morgan fingerprint density at radius 2 is 2.22 bits per heavy atom. The molecule has 3 N–H and O–H groups in total. The smallest absolute Gasteiger partial charge is 0.330 e. The predicted octanol–water partition coefficient (Wildman–Crippen LogP) is -0.894. The maximum Gasteiger partial charge on any atom is 0.330 e. The number of aromatic nitrogens is 2. The Labute approximate surface area is 109 Å². The van der Waals surface area contributed by atoms with Crippen molar-refractivity contribution in [3.8, 4) is 0 Å². The highest BCUT2D eigenvalue weighted by atomic mass is 79.9. The molecule has 0 amide bonds. The molecule has 18 heavy (non-hydrogen) atoms. The molecule has 1 fully saturated rings. The zero-order valence-corrected chi connectivity index (χ0v) is 10.8. The average Bonchev–Trinajstić information content (AvgIpc) is 2.61. The number of aromatic amines is 1. The van der Waals surface area contributed by atoms with Crippen LogP contribution in [-0.2, 0) is 4.74 Å². The van der Waals surface area contributed by atoms with Crippen molar-refractivity contribution in [2.24, 2.45) is 0 Å². The fourth-order valence-electron chi connectivity index (χ4n) is 1.73. The number of ether oxygens (including phenoxy) is 1. The molecule has 1 unspecified atom stereocenters. The van der Waals surface area contributed by atoms with E-state index in [-0.39, 0.29) is 10.0 Å². The molecule has 3 atom stereocenters. The molecule has 0 spiro atoms. The first-order valence-corrected chi connectivity index (χ1v) is 5.89. The van der Waals surface area contributed by atoms with Crippen molar-refractivity contribution in [1.29, 1.82) is 0 Å². The van der Waals surface area contributed by atoms with Crippen molar-refractivity contribution in [1.82, 2.24) is 9.55 Å². The molecular formula is C10H11BrN2O5. The Bertz CT molecular complexity index is 593. The van der Waals surface area contributed by atoms with Gasteiger partial charge in [0.25, 0.3) is 5.56 Å². The molecule has 2 heterocycles. The van der Waals surface area contributed by atoms with E-state index in [1.165, 1.54) is 6.20 Å². The summed E-state index contributed by atoms with van der Waals surface area (Å²) in [6, 6.07) is 0. The van der Waals surface area contributed by atoms with Gasteiger partial charge in [0.1, 0.15) is 12.2 Å². The summed E-state index contributed by atoms with van der Waals surface area (Å²) in [4.78, 5) is 24.9. The summed E-state index contributed by atoms with van der Waals surface area (Å²) in [6.45, 7) is 3.24. The maximum absolute atomic E-state index is 11.6. The molecular weight excluding hydrogens is 308 g/mol. The van der Waals surface area contributed by atoms with E-state index in [4.69, 9.17) is 9.84 Å². The average molecular weight is 319 g/mol. The summed E-state index contributed by atoms with van der Waals surface area (Å²) < 4.78 is 6.56. The second-order valence-electron chi connectivity index (χ2n) is 3.87. The number of nitrogens with one attached hydrogen (secondary N) is 1. The molecule has 1 aromatic heterocycles. The molecule has 8 heteroatoms. The minimum absolute atomic E-state index is 0.153. The summed E-state index contributed by atoms with van der Waals surface area (Å²) >= 11 is 2.99. The molecule has 0 aliphatic carbocycles. The van der Waals surface area contributed by atoms with Crippen molar-refractivity contribution in [3.05, 3.63) is 43.7 Å². The van der Waals surface area contributed by atoms with Crippen LogP contribution in [0, 0.1) is 0 Å². The van der Waals surface area contributed by atoms with Crippen LogP contribution in [0.15, 0.2) is 32.4 Å². The Morgan fingerprint density at radius 1 is 1.56 bits per heavy atom. The molecule has 0 saturated carbocycles. The van der Waals surface area contributed by atoms with Crippen molar-refractivity contribution in [2.45, 2.75) is 18.4 Å². The van der Waals surface area contributed by atoms with Crippen LogP contribution in [0.2, 0.25) is 0 Å². The van der Waals surface area contributed by atoms with Crippen LogP contribution in [0.3, 0.4) is 0 Å². The van der Waals surface area contributed by atoms with Gasteiger partial charge in [0.05, 0.1) is 11.1 Å². The Hall–Kier alpha value is -1.22. The number of aliphatic hydroxyl groups excluding tert-OH is 2. The summed E-state index contributed by atoms with van der Waals surface area (Å²) in [7, 11) is 0. The van der Waals surface area contributed by atoms with Crippen LogP contribution in [0.1, 0.15) is 6.23 Å². The molecule has 0 bridgehead atoms. The van der Waals surface area contributed by atoms with E-state index in [1.54, 1.807) is 0 Å². The highest BCUT2D eigenvalue weighted by Gasteiger charge is 2.38. The Morgan fingerprint density at radius 3 is 2.78 bits per heavy atom. The SMILES string of the molecule is C=C1C(n2cc(Br)c(=O)[nH]c2=O)O[C@H](CO)[C@@H]1O. The lowest BCUT2D eigenvalue weighted by Gasteiger charge is -2.14. The number of rotatable bonds is 2. The van der Waals surface area contributed by atoms with E-state index in [0.29, 0.717) is 0 Å². The van der Waals surface area contributed by atoms with Crippen LogP contribution in [0.5, 0.6) is 0 Å². The maximum atomic E-state index is 11.6. The van der Waals surface area contributed by atoms with Crippen molar-refractivity contribution in [2.75, 3.05) is 6.61 Å². The number of H-pyrrole nitrogens is 1. The fourth-order valence-corrected chi connectivity index (χ4v) is 2.05. The summed E-state index contributed by atoms with van der Waals surface area (Å²) in [5, 5.41) is 18.7. The minimum atomic E-state index is -1.06. The largest absolute Gasteiger partial charge is 0.394 e. The van der Waals surface area contributed by atoms with E-state index >= 15 is 0 Å². The van der Waals surface area contributed by atoms with Gasteiger partial charge in [-0.3, -0.25) is 14.3 Å². The monoisotopic (exact) mass is 318 g/mol. The van der Waals surface area contributed by atoms with Gasteiger partial charge in [-0.05, 0) is 15.9 Å². The molecule has 98 valence electrons. The molecule has 7 nitrogen and oxygen atoms in total. The Balaban J connectivity index is 2.45. The van der Waals surface area contributed by atoms with Crippen molar-refractivity contribution in [3.63, 3.8) is 0 Å². The number of aliphatic hydroxyl groups is 2. The van der Waals surface area contributed by atoms with Gasteiger partial charge in [-0.2, -0.15) is 0 Å². The van der Waals surface area contributed by atoms with Gasteiger partial charge in [-0.15, -0.1) is 0 Å². The summed E-state index contributed by atoms with van der Waals surface area (Å²) in [6.07, 6.45) is -1.56. The first-order chi connectivity index (χ1) is 8.45. The lowest BCUT2D eigenvalue weighted by Crippen LogP contribution is -2.33.